The summed E-state index contributed by atoms with van der Waals surface area (Å²) in [5.41, 5.74) is 5.90. The van der Waals surface area contributed by atoms with Crippen LogP contribution in [-0.4, -0.2) is 93.1 Å². The molecule has 5 atom stereocenters. The highest BCUT2D eigenvalue weighted by atomic mass is 16.5. The highest BCUT2D eigenvalue weighted by molar-refractivity contribution is 5.86. The number of ether oxygens (including phenoxy) is 2. The van der Waals surface area contributed by atoms with Crippen LogP contribution >= 0.6 is 0 Å². The number of nitrogens with one attached hydrogen (secondary N) is 4. The van der Waals surface area contributed by atoms with Crippen LogP contribution in [0.4, 0.5) is 9.59 Å². The molecule has 2 aromatic heterocycles. The van der Waals surface area contributed by atoms with Gasteiger partial charge < -0.3 is 39.9 Å². The van der Waals surface area contributed by atoms with Crippen molar-refractivity contribution in [3.8, 4) is 33.6 Å². The van der Waals surface area contributed by atoms with E-state index in [0.29, 0.717) is 19.5 Å². The second-order valence-electron chi connectivity index (χ2n) is 15.1. The van der Waals surface area contributed by atoms with Crippen LogP contribution in [0.3, 0.4) is 0 Å². The molecule has 4 aromatic rings. The Bertz CT molecular complexity index is 1990. The molecule has 1 aliphatic carbocycles. The van der Waals surface area contributed by atoms with Gasteiger partial charge in [-0.05, 0) is 73.1 Å². The van der Waals surface area contributed by atoms with Crippen molar-refractivity contribution in [3.63, 3.8) is 0 Å². The van der Waals surface area contributed by atoms with Crippen LogP contribution in [-0.2, 0) is 19.1 Å². The number of hydrogen-bond donors (Lipinski definition) is 4. The smallest absolute Gasteiger partial charge is 0.407 e. The zero-order chi connectivity index (χ0) is 38.6. The summed E-state index contributed by atoms with van der Waals surface area (Å²) < 4.78 is 9.48. The molecule has 0 spiro atoms. The van der Waals surface area contributed by atoms with E-state index in [4.69, 9.17) is 14.5 Å². The van der Waals surface area contributed by atoms with Crippen LogP contribution in [0.15, 0.2) is 60.9 Å². The van der Waals surface area contributed by atoms with E-state index >= 15 is 0 Å². The third-order valence-electron chi connectivity index (χ3n) is 11.3. The van der Waals surface area contributed by atoms with Crippen LogP contribution in [0.25, 0.3) is 33.6 Å². The molecule has 4 N–H and O–H groups in total. The van der Waals surface area contributed by atoms with Crippen molar-refractivity contribution < 1.29 is 28.7 Å². The molecule has 3 fully saturated rings. The third-order valence-corrected chi connectivity index (χ3v) is 11.3. The molecule has 0 radical (unpaired) electrons. The molecule has 2 aliphatic heterocycles. The van der Waals surface area contributed by atoms with Crippen LogP contribution in [0, 0.1) is 11.8 Å². The number of carbonyl (C=O) groups excluding carboxylic acids is 4. The maximum Gasteiger partial charge on any atom is 0.407 e. The number of rotatable bonds is 10. The molecule has 0 bridgehead atoms. The number of nitrogens with zero attached hydrogens (tertiary/aromatic N) is 4. The Balaban J connectivity index is 0.976. The molecule has 2 aromatic carbocycles. The number of aromatic nitrogens is 4. The Hall–Kier alpha value is -5.66. The van der Waals surface area contributed by atoms with Crippen molar-refractivity contribution in [2.75, 3.05) is 27.3 Å². The predicted octanol–water partition coefficient (Wildman–Crippen LogP) is 6.37. The Kier molecular flexibility index (Phi) is 11.2. The lowest BCUT2D eigenvalue weighted by Crippen LogP contribution is -2.51. The van der Waals surface area contributed by atoms with E-state index < -0.39 is 18.2 Å². The third kappa shape index (κ3) is 8.08. The van der Waals surface area contributed by atoms with Crippen molar-refractivity contribution in [2.45, 2.75) is 83.0 Å². The molecular formula is C41H50N8O6. The quantitative estimate of drug-likeness (QED) is 0.145. The zero-order valence-electron chi connectivity index (χ0n) is 31.8. The van der Waals surface area contributed by atoms with Crippen LogP contribution in [0.2, 0.25) is 0 Å². The minimum absolute atomic E-state index is 0.0419. The van der Waals surface area contributed by atoms with E-state index in [-0.39, 0.29) is 41.8 Å². The second-order valence-corrected chi connectivity index (χ2v) is 15.1. The highest BCUT2D eigenvalue weighted by Gasteiger charge is 2.40. The van der Waals surface area contributed by atoms with Crippen LogP contribution < -0.4 is 10.6 Å². The molecule has 0 unspecified atom stereocenters. The number of benzene rings is 2. The fourth-order valence-corrected chi connectivity index (χ4v) is 8.29. The van der Waals surface area contributed by atoms with Gasteiger partial charge in [0.1, 0.15) is 17.7 Å². The molecule has 4 amide bonds. The molecule has 290 valence electrons. The van der Waals surface area contributed by atoms with Gasteiger partial charge in [0, 0.05) is 25.0 Å². The van der Waals surface area contributed by atoms with Gasteiger partial charge in [-0.2, -0.15) is 0 Å². The van der Waals surface area contributed by atoms with Gasteiger partial charge in [-0.25, -0.2) is 19.6 Å². The average molecular weight is 751 g/mol. The minimum atomic E-state index is -0.683. The summed E-state index contributed by atoms with van der Waals surface area (Å²) >= 11 is 0. The summed E-state index contributed by atoms with van der Waals surface area (Å²) in [6.07, 6.45) is 8.14. The van der Waals surface area contributed by atoms with Gasteiger partial charge >= 0.3 is 12.2 Å². The number of carbonyl (C=O) groups is 4. The normalized spacial score (nSPS) is 21.5. The maximum absolute atomic E-state index is 13.6. The monoisotopic (exact) mass is 750 g/mol. The van der Waals surface area contributed by atoms with Crippen LogP contribution in [0.5, 0.6) is 0 Å². The first-order valence-corrected chi connectivity index (χ1v) is 19.2. The summed E-state index contributed by atoms with van der Waals surface area (Å²) in [6.45, 7) is 5.11. The summed E-state index contributed by atoms with van der Waals surface area (Å²) in [6, 6.07) is 15.6. The van der Waals surface area contributed by atoms with Gasteiger partial charge in [0.05, 0.1) is 50.1 Å². The Morgan fingerprint density at radius 1 is 0.709 bits per heavy atom. The second kappa shape index (κ2) is 16.4. The van der Waals surface area contributed by atoms with Crippen molar-refractivity contribution in [1.29, 1.82) is 0 Å². The topological polar surface area (TPSA) is 175 Å². The number of methoxy groups -OCH3 is 2. The molecule has 55 heavy (non-hydrogen) atoms. The van der Waals surface area contributed by atoms with Crippen molar-refractivity contribution in [1.82, 2.24) is 40.4 Å². The van der Waals surface area contributed by atoms with Crippen LogP contribution in [0.1, 0.15) is 82.5 Å². The summed E-state index contributed by atoms with van der Waals surface area (Å²) in [4.78, 5) is 70.8. The van der Waals surface area contributed by atoms with Gasteiger partial charge in [0.15, 0.2) is 0 Å². The molecule has 7 rings (SSSR count). The molecule has 2 saturated heterocycles. The van der Waals surface area contributed by atoms with Gasteiger partial charge in [0.2, 0.25) is 11.8 Å². The van der Waals surface area contributed by atoms with E-state index in [0.717, 1.165) is 83.8 Å². The lowest BCUT2D eigenvalue weighted by atomic mass is 10.0. The summed E-state index contributed by atoms with van der Waals surface area (Å²) in [5, 5.41) is 5.54. The molecule has 4 heterocycles. The summed E-state index contributed by atoms with van der Waals surface area (Å²) in [7, 11) is 2.64. The van der Waals surface area contributed by atoms with E-state index in [1.807, 2.05) is 29.8 Å². The zero-order valence-corrected chi connectivity index (χ0v) is 31.8. The number of likely N-dealkylation sites (tertiary alicyclic amines) is 2. The number of hydrogen-bond acceptors (Lipinski definition) is 8. The van der Waals surface area contributed by atoms with Gasteiger partial charge in [-0.15, -0.1) is 0 Å². The number of alkyl carbamates (subject to hydrolysis) is 2. The number of aromatic amines is 2. The molecule has 14 heteroatoms. The van der Waals surface area contributed by atoms with Crippen molar-refractivity contribution in [3.05, 3.63) is 72.6 Å². The largest absolute Gasteiger partial charge is 0.453 e. The van der Waals surface area contributed by atoms with Gasteiger partial charge in [-0.3, -0.25) is 9.59 Å². The predicted molar refractivity (Wildman–Crippen MR) is 205 cm³/mol. The van der Waals surface area contributed by atoms with E-state index in [9.17, 15) is 19.2 Å². The van der Waals surface area contributed by atoms with E-state index in [2.05, 4.69) is 74.1 Å². The Morgan fingerprint density at radius 2 is 1.22 bits per heavy atom. The highest BCUT2D eigenvalue weighted by Crippen LogP contribution is 2.37. The molecule has 14 nitrogen and oxygen atoms in total. The number of imidazole rings is 2. The SMILES string of the molecule is COC(=O)N[C@H]1CC[C@@H](C(=O)N2CCC[C@H]2c2ncc(-c3ccc(-c4ccc(-c5cnc([C@@H]6CCCN6C(=O)[C@@H](NC(=O)OC)C(C)C)[nH]5)cc4)cc3)[nH]2)C1. The lowest BCUT2D eigenvalue weighted by Gasteiger charge is -2.30. The van der Waals surface area contributed by atoms with E-state index in [1.165, 1.54) is 14.2 Å². The van der Waals surface area contributed by atoms with Gasteiger partial charge in [0.25, 0.3) is 0 Å². The first-order chi connectivity index (χ1) is 26.6. The maximum atomic E-state index is 13.6. The van der Waals surface area contributed by atoms with Gasteiger partial charge in [-0.1, -0.05) is 62.4 Å². The Labute approximate surface area is 320 Å². The first kappa shape index (κ1) is 37.6. The van der Waals surface area contributed by atoms with Crippen molar-refractivity contribution >= 4 is 24.0 Å². The van der Waals surface area contributed by atoms with E-state index in [1.54, 1.807) is 6.20 Å². The number of H-pyrrole nitrogens is 2. The molecular weight excluding hydrogens is 701 g/mol. The molecule has 3 aliphatic rings. The first-order valence-electron chi connectivity index (χ1n) is 19.2. The average Bonchev–Trinajstić information content (AvgIpc) is 4.05. The van der Waals surface area contributed by atoms with Crippen molar-refractivity contribution in [2.24, 2.45) is 11.8 Å². The minimum Gasteiger partial charge on any atom is -0.453 e. The lowest BCUT2D eigenvalue weighted by molar-refractivity contribution is -0.136. The fourth-order valence-electron chi connectivity index (χ4n) is 8.29. The number of amides is 4. The standard InChI is InChI=1S/C41H50N8O6/c1-24(2)35(47-41(53)55-4)39(51)49-20-6-8-34(49)37-43-23-32(46-37)28-15-11-26(12-16-28)25-9-13-27(14-10-25)31-22-42-36(45-31)33-7-5-19-48(33)38(50)29-17-18-30(21-29)44-40(52)54-3/h9-16,22-24,29-30,33-35H,5-8,17-21H2,1-4H3,(H,42,45)(H,43,46)(H,44,52)(H,47,53)/t29-,30+,33+,34+,35+/m1/s1. The fraction of sp³-hybridized carbons (Fsp3) is 0.463. The summed E-state index contributed by atoms with van der Waals surface area (Å²) in [5.74, 6) is 1.31. The Morgan fingerprint density at radius 3 is 1.75 bits per heavy atom. The molecule has 1 saturated carbocycles.